The Kier molecular flexibility index (Phi) is 4.57. The van der Waals surface area contributed by atoms with E-state index in [1.165, 1.54) is 18.2 Å². The molecular formula is C16H13F2N3O2S. The molecule has 3 rings (SSSR count). The minimum absolute atomic E-state index is 0.00863. The molecule has 0 spiro atoms. The van der Waals surface area contributed by atoms with Crippen LogP contribution in [0.5, 0.6) is 5.75 Å². The number of hydrogen-bond acceptors (Lipinski definition) is 4. The molecule has 3 aromatic rings. The van der Waals surface area contributed by atoms with E-state index in [-0.39, 0.29) is 11.3 Å². The number of alkyl halides is 2. The van der Waals surface area contributed by atoms with Gasteiger partial charge in [-0.25, -0.2) is 0 Å². The van der Waals surface area contributed by atoms with E-state index >= 15 is 0 Å². The van der Waals surface area contributed by atoms with Crippen molar-refractivity contribution in [3.8, 4) is 16.3 Å². The number of aromatic nitrogens is 2. The predicted molar refractivity (Wildman–Crippen MR) is 87.7 cm³/mol. The fourth-order valence-electron chi connectivity index (χ4n) is 2.13. The molecule has 0 radical (unpaired) electrons. The van der Waals surface area contributed by atoms with E-state index in [1.54, 1.807) is 23.5 Å². The fourth-order valence-corrected chi connectivity index (χ4v) is 2.96. The Morgan fingerprint density at radius 3 is 2.79 bits per heavy atom. The third-order valence-corrected chi connectivity index (χ3v) is 4.21. The number of benzene rings is 1. The Morgan fingerprint density at radius 2 is 2.08 bits per heavy atom. The number of amides is 1. The number of aryl methyl sites for hydroxylation is 1. The summed E-state index contributed by atoms with van der Waals surface area (Å²) in [5.74, 6) is -0.464. The monoisotopic (exact) mass is 349 g/mol. The molecule has 0 saturated heterocycles. The molecule has 24 heavy (non-hydrogen) atoms. The Hall–Kier alpha value is -2.74. The molecule has 124 valence electrons. The summed E-state index contributed by atoms with van der Waals surface area (Å²) in [6.45, 7) is -1.01. The average molecular weight is 349 g/mol. The molecule has 2 aromatic heterocycles. The first-order valence-corrected chi connectivity index (χ1v) is 7.82. The summed E-state index contributed by atoms with van der Waals surface area (Å²) < 4.78 is 29.2. The van der Waals surface area contributed by atoms with Gasteiger partial charge in [-0.15, -0.1) is 11.3 Å². The third-order valence-electron chi connectivity index (χ3n) is 3.17. The van der Waals surface area contributed by atoms with E-state index in [0.717, 1.165) is 15.4 Å². The van der Waals surface area contributed by atoms with Crippen LogP contribution in [0.4, 0.5) is 14.6 Å². The van der Waals surface area contributed by atoms with Gasteiger partial charge in [0, 0.05) is 10.9 Å². The summed E-state index contributed by atoms with van der Waals surface area (Å²) in [6, 6.07) is 11.4. The second-order valence-corrected chi connectivity index (χ2v) is 6.19. The molecule has 0 fully saturated rings. The van der Waals surface area contributed by atoms with E-state index in [4.69, 9.17) is 0 Å². The molecule has 0 aliphatic rings. The maximum Gasteiger partial charge on any atom is 0.387 e. The number of carbonyl (C=O) groups excluding carboxylic acids is 1. The average Bonchev–Trinajstić information content (AvgIpc) is 3.16. The number of rotatable bonds is 5. The van der Waals surface area contributed by atoms with Crippen molar-refractivity contribution in [1.29, 1.82) is 0 Å². The number of para-hydroxylation sites is 1. The lowest BCUT2D eigenvalue weighted by Crippen LogP contribution is -2.15. The predicted octanol–water partition coefficient (Wildman–Crippen LogP) is 4.30. The molecule has 1 aromatic carbocycles. The van der Waals surface area contributed by atoms with Gasteiger partial charge in [0.1, 0.15) is 5.75 Å². The first-order chi connectivity index (χ1) is 11.5. The molecule has 5 nitrogen and oxygen atoms in total. The maximum atomic E-state index is 12.4. The number of H-pyrrole nitrogens is 1. The molecule has 8 heteroatoms. The van der Waals surface area contributed by atoms with E-state index in [1.807, 2.05) is 19.1 Å². The van der Waals surface area contributed by atoms with Crippen LogP contribution in [0.3, 0.4) is 0 Å². The SMILES string of the molecule is Cc1ccc(-c2cc(NC(=O)c3ccccc3OC(F)F)n[nH]2)s1. The molecule has 2 N–H and O–H groups in total. The van der Waals surface area contributed by atoms with Gasteiger partial charge >= 0.3 is 6.61 Å². The van der Waals surface area contributed by atoms with Crippen LogP contribution < -0.4 is 10.1 Å². The topological polar surface area (TPSA) is 67.0 Å². The number of ether oxygens (including phenoxy) is 1. The fraction of sp³-hybridized carbons (Fsp3) is 0.125. The Labute approximate surface area is 140 Å². The van der Waals surface area contributed by atoms with Crippen LogP contribution >= 0.6 is 11.3 Å². The third kappa shape index (κ3) is 3.60. The van der Waals surface area contributed by atoms with Gasteiger partial charge in [-0.3, -0.25) is 9.89 Å². The minimum atomic E-state index is -3.00. The van der Waals surface area contributed by atoms with Crippen LogP contribution in [-0.4, -0.2) is 22.7 Å². The van der Waals surface area contributed by atoms with Gasteiger partial charge in [-0.05, 0) is 31.2 Å². The highest BCUT2D eigenvalue weighted by molar-refractivity contribution is 7.15. The van der Waals surface area contributed by atoms with Crippen molar-refractivity contribution < 1.29 is 18.3 Å². The summed E-state index contributed by atoms with van der Waals surface area (Å²) in [4.78, 5) is 14.4. The van der Waals surface area contributed by atoms with Crippen LogP contribution in [0.15, 0.2) is 42.5 Å². The molecule has 0 aliphatic heterocycles. The minimum Gasteiger partial charge on any atom is -0.434 e. The smallest absolute Gasteiger partial charge is 0.387 e. The van der Waals surface area contributed by atoms with Crippen LogP contribution in [0, 0.1) is 6.92 Å². The van der Waals surface area contributed by atoms with Crippen molar-refractivity contribution in [3.63, 3.8) is 0 Å². The number of hydrogen-bond donors (Lipinski definition) is 2. The van der Waals surface area contributed by atoms with E-state index < -0.39 is 12.5 Å². The zero-order chi connectivity index (χ0) is 17.1. The number of nitrogens with zero attached hydrogens (tertiary/aromatic N) is 1. The van der Waals surface area contributed by atoms with Gasteiger partial charge in [0.05, 0.1) is 16.1 Å². The maximum absolute atomic E-state index is 12.4. The standard InChI is InChI=1S/C16H13F2N3O2S/c1-9-6-7-13(24-9)11-8-14(21-20-11)19-15(22)10-4-2-3-5-12(10)23-16(17)18/h2-8,16H,1H3,(H2,19,20,21,22). The number of carbonyl (C=O) groups is 1. The number of aromatic amines is 1. The molecule has 0 unspecified atom stereocenters. The zero-order valence-corrected chi connectivity index (χ0v) is 13.4. The van der Waals surface area contributed by atoms with Gasteiger partial charge in [-0.1, -0.05) is 12.1 Å². The normalized spacial score (nSPS) is 10.8. The van der Waals surface area contributed by atoms with Crippen molar-refractivity contribution in [2.75, 3.05) is 5.32 Å². The lowest BCUT2D eigenvalue weighted by Gasteiger charge is -2.09. The zero-order valence-electron chi connectivity index (χ0n) is 12.5. The lowest BCUT2D eigenvalue weighted by molar-refractivity contribution is -0.0501. The van der Waals surface area contributed by atoms with Crippen molar-refractivity contribution in [2.45, 2.75) is 13.5 Å². The molecule has 0 saturated carbocycles. The van der Waals surface area contributed by atoms with Crippen molar-refractivity contribution in [2.24, 2.45) is 0 Å². The number of nitrogens with one attached hydrogen (secondary N) is 2. The van der Waals surface area contributed by atoms with Crippen LogP contribution in [0.1, 0.15) is 15.2 Å². The van der Waals surface area contributed by atoms with E-state index in [2.05, 4.69) is 20.3 Å². The highest BCUT2D eigenvalue weighted by atomic mass is 32.1. The molecular weight excluding hydrogens is 336 g/mol. The Morgan fingerprint density at radius 1 is 1.29 bits per heavy atom. The Bertz CT molecular complexity index is 860. The lowest BCUT2D eigenvalue weighted by atomic mass is 10.2. The summed E-state index contributed by atoms with van der Waals surface area (Å²) in [5.41, 5.74) is 0.773. The number of halogens is 2. The van der Waals surface area contributed by atoms with Crippen molar-refractivity contribution >= 4 is 23.1 Å². The van der Waals surface area contributed by atoms with Crippen LogP contribution in [0.25, 0.3) is 10.6 Å². The molecule has 1 amide bonds. The Balaban J connectivity index is 1.77. The largest absolute Gasteiger partial charge is 0.434 e. The van der Waals surface area contributed by atoms with E-state index in [9.17, 15) is 13.6 Å². The van der Waals surface area contributed by atoms with E-state index in [0.29, 0.717) is 5.82 Å². The summed E-state index contributed by atoms with van der Waals surface area (Å²) in [5, 5.41) is 9.42. The first-order valence-electron chi connectivity index (χ1n) is 7.00. The first kappa shape index (κ1) is 16.1. The molecule has 0 bridgehead atoms. The van der Waals surface area contributed by atoms with Gasteiger partial charge < -0.3 is 10.1 Å². The molecule has 2 heterocycles. The summed E-state index contributed by atoms with van der Waals surface area (Å²) in [7, 11) is 0. The second kappa shape index (κ2) is 6.79. The van der Waals surface area contributed by atoms with Gasteiger partial charge in [0.25, 0.3) is 5.91 Å². The highest BCUT2D eigenvalue weighted by Crippen LogP contribution is 2.28. The van der Waals surface area contributed by atoms with Crippen molar-refractivity contribution in [1.82, 2.24) is 10.2 Å². The molecule has 0 aliphatic carbocycles. The van der Waals surface area contributed by atoms with Gasteiger partial charge in [0.15, 0.2) is 5.82 Å². The number of anilines is 1. The van der Waals surface area contributed by atoms with Crippen LogP contribution in [-0.2, 0) is 0 Å². The number of thiophene rings is 1. The summed E-state index contributed by atoms with van der Waals surface area (Å²) >= 11 is 1.59. The van der Waals surface area contributed by atoms with Crippen LogP contribution in [0.2, 0.25) is 0 Å². The highest BCUT2D eigenvalue weighted by Gasteiger charge is 2.16. The van der Waals surface area contributed by atoms with Gasteiger partial charge in [-0.2, -0.15) is 13.9 Å². The second-order valence-electron chi connectivity index (χ2n) is 4.91. The van der Waals surface area contributed by atoms with Crippen molar-refractivity contribution in [3.05, 3.63) is 52.9 Å². The quantitative estimate of drug-likeness (QED) is 0.722. The molecule has 0 atom stereocenters. The summed E-state index contributed by atoms with van der Waals surface area (Å²) in [6.07, 6.45) is 0. The van der Waals surface area contributed by atoms with Gasteiger partial charge in [0.2, 0.25) is 0 Å².